The Bertz CT molecular complexity index is 1520. The number of rotatable bonds is 6. The summed E-state index contributed by atoms with van der Waals surface area (Å²) >= 11 is 0. The second-order valence-electron chi connectivity index (χ2n) is 8.13. The highest BCUT2D eigenvalue weighted by molar-refractivity contribution is 7.89. The van der Waals surface area contributed by atoms with Gasteiger partial charge in [0.05, 0.1) is 21.7 Å². The maximum atomic E-state index is 13.2. The number of nitrogens with two attached hydrogens (primary N) is 1. The number of sulfonamides is 1. The summed E-state index contributed by atoms with van der Waals surface area (Å²) in [6.45, 7) is 1.38. The van der Waals surface area contributed by atoms with Gasteiger partial charge >= 0.3 is 0 Å². The fourth-order valence-electron chi connectivity index (χ4n) is 3.98. The minimum absolute atomic E-state index is 0.0558. The van der Waals surface area contributed by atoms with Crippen LogP contribution < -0.4 is 19.9 Å². The summed E-state index contributed by atoms with van der Waals surface area (Å²) in [6, 6.07) is 21.2. The topological polar surface area (TPSA) is 121 Å². The minimum atomic E-state index is -3.73. The highest BCUT2D eigenvalue weighted by Gasteiger charge is 2.17. The van der Waals surface area contributed by atoms with Crippen LogP contribution in [0.5, 0.6) is 11.5 Å². The van der Waals surface area contributed by atoms with Crippen LogP contribution in [0.1, 0.15) is 15.9 Å². The van der Waals surface area contributed by atoms with Crippen molar-refractivity contribution in [3.63, 3.8) is 0 Å². The number of primary sulfonamides is 1. The van der Waals surface area contributed by atoms with Gasteiger partial charge in [-0.25, -0.2) is 18.5 Å². The Morgan fingerprint density at radius 2 is 1.69 bits per heavy atom. The molecule has 2 heterocycles. The molecule has 0 radical (unpaired) electrons. The molecule has 1 aliphatic heterocycles. The molecule has 0 unspecified atom stereocenters. The van der Waals surface area contributed by atoms with Gasteiger partial charge in [0.15, 0.2) is 11.5 Å². The molecule has 0 saturated carbocycles. The van der Waals surface area contributed by atoms with Crippen molar-refractivity contribution in [1.82, 2.24) is 10.3 Å². The number of benzene rings is 3. The first kappa shape index (κ1) is 22.8. The number of nitrogens with zero attached hydrogens (tertiary/aromatic N) is 1. The summed E-state index contributed by atoms with van der Waals surface area (Å²) in [7, 11) is -3.73. The van der Waals surface area contributed by atoms with E-state index in [-0.39, 0.29) is 10.8 Å². The lowest BCUT2D eigenvalue weighted by atomic mass is 10.0. The number of carbonyl (C=O) groups is 1. The molecule has 3 N–H and O–H groups in total. The number of hydrogen-bond acceptors (Lipinski definition) is 6. The number of carbonyl (C=O) groups excluding carboxylic acids is 1. The Morgan fingerprint density at radius 3 is 2.46 bits per heavy atom. The largest absolute Gasteiger partial charge is 0.486 e. The molecule has 0 bridgehead atoms. The minimum Gasteiger partial charge on any atom is -0.486 e. The van der Waals surface area contributed by atoms with Crippen molar-refractivity contribution < 1.29 is 22.7 Å². The first-order valence-corrected chi connectivity index (χ1v) is 12.6. The third-order valence-electron chi connectivity index (χ3n) is 5.75. The molecule has 0 atom stereocenters. The Morgan fingerprint density at radius 1 is 0.943 bits per heavy atom. The number of aromatic nitrogens is 1. The molecule has 1 aliphatic rings. The molecular weight excluding hydrogens is 466 g/mol. The molecule has 1 aromatic heterocycles. The fraction of sp³-hybridized carbons (Fsp3) is 0.154. The Labute approximate surface area is 202 Å². The Balaban J connectivity index is 1.38. The molecule has 0 aliphatic carbocycles. The molecule has 3 aromatic carbocycles. The van der Waals surface area contributed by atoms with Crippen molar-refractivity contribution in [3.8, 4) is 22.8 Å². The van der Waals surface area contributed by atoms with Crippen molar-refractivity contribution in [2.75, 3.05) is 19.8 Å². The van der Waals surface area contributed by atoms with Gasteiger partial charge in [-0.1, -0.05) is 30.3 Å². The van der Waals surface area contributed by atoms with Crippen LogP contribution in [-0.2, 0) is 16.4 Å². The van der Waals surface area contributed by atoms with Crippen molar-refractivity contribution in [3.05, 3.63) is 83.9 Å². The van der Waals surface area contributed by atoms with Crippen LogP contribution in [0.25, 0.3) is 22.2 Å². The lowest BCUT2D eigenvalue weighted by molar-refractivity contribution is 0.0955. The van der Waals surface area contributed by atoms with Crippen molar-refractivity contribution >= 4 is 26.8 Å². The highest BCUT2D eigenvalue weighted by atomic mass is 32.2. The van der Waals surface area contributed by atoms with Gasteiger partial charge in [0.25, 0.3) is 5.91 Å². The van der Waals surface area contributed by atoms with E-state index in [1.54, 1.807) is 18.2 Å². The summed E-state index contributed by atoms with van der Waals surface area (Å²) in [5.41, 5.74) is 3.59. The first-order chi connectivity index (χ1) is 16.9. The van der Waals surface area contributed by atoms with E-state index in [9.17, 15) is 13.2 Å². The van der Waals surface area contributed by atoms with Gasteiger partial charge in [-0.3, -0.25) is 4.79 Å². The van der Waals surface area contributed by atoms with E-state index in [4.69, 9.17) is 19.6 Å². The van der Waals surface area contributed by atoms with Gasteiger partial charge in [0.1, 0.15) is 13.2 Å². The second-order valence-corrected chi connectivity index (χ2v) is 9.69. The van der Waals surface area contributed by atoms with Gasteiger partial charge in [0.2, 0.25) is 10.0 Å². The monoisotopic (exact) mass is 489 g/mol. The van der Waals surface area contributed by atoms with Gasteiger partial charge in [-0.15, -0.1) is 0 Å². The van der Waals surface area contributed by atoms with E-state index in [2.05, 4.69) is 5.32 Å². The van der Waals surface area contributed by atoms with Crippen LogP contribution in [-0.4, -0.2) is 39.1 Å². The van der Waals surface area contributed by atoms with Crippen LogP contribution >= 0.6 is 0 Å². The summed E-state index contributed by atoms with van der Waals surface area (Å²) < 4.78 is 34.1. The molecule has 0 spiro atoms. The molecule has 1 amide bonds. The van der Waals surface area contributed by atoms with Crippen molar-refractivity contribution in [1.29, 1.82) is 0 Å². The first-order valence-electron chi connectivity index (χ1n) is 11.1. The maximum absolute atomic E-state index is 13.2. The number of ether oxygens (including phenoxy) is 2. The van der Waals surface area contributed by atoms with Crippen LogP contribution in [0.15, 0.2) is 77.7 Å². The summed E-state index contributed by atoms with van der Waals surface area (Å²) in [6.07, 6.45) is 0.536. The van der Waals surface area contributed by atoms with Crippen molar-refractivity contribution in [2.24, 2.45) is 5.14 Å². The van der Waals surface area contributed by atoms with Gasteiger partial charge in [-0.05, 0) is 54.4 Å². The molecule has 35 heavy (non-hydrogen) atoms. The Hall–Kier alpha value is -3.95. The molecule has 0 fully saturated rings. The van der Waals surface area contributed by atoms with E-state index in [0.29, 0.717) is 54.5 Å². The van der Waals surface area contributed by atoms with E-state index in [1.165, 1.54) is 12.1 Å². The molecule has 9 heteroatoms. The number of para-hydroxylation sites is 1. The number of pyridine rings is 1. The molecule has 0 saturated heterocycles. The smallest absolute Gasteiger partial charge is 0.252 e. The zero-order valence-corrected chi connectivity index (χ0v) is 19.5. The summed E-state index contributed by atoms with van der Waals surface area (Å²) in [5, 5.41) is 8.85. The number of nitrogens with one attached hydrogen (secondary N) is 1. The average Bonchev–Trinajstić information content (AvgIpc) is 2.87. The molecule has 5 rings (SSSR count). The Kier molecular flexibility index (Phi) is 6.10. The number of hydrogen-bond donors (Lipinski definition) is 2. The quantitative estimate of drug-likeness (QED) is 0.429. The normalized spacial score (nSPS) is 12.9. The third kappa shape index (κ3) is 4.96. The lowest BCUT2D eigenvalue weighted by Gasteiger charge is -2.19. The van der Waals surface area contributed by atoms with Gasteiger partial charge in [-0.2, -0.15) is 0 Å². The van der Waals surface area contributed by atoms with Gasteiger partial charge < -0.3 is 14.8 Å². The molecule has 4 aromatic rings. The summed E-state index contributed by atoms with van der Waals surface area (Å²) in [4.78, 5) is 18.0. The van der Waals surface area contributed by atoms with Crippen LogP contribution in [0.3, 0.4) is 0 Å². The predicted molar refractivity (Wildman–Crippen MR) is 132 cm³/mol. The zero-order chi connectivity index (χ0) is 24.4. The standard InChI is InChI=1S/C26H23N3O5S/c27-35(31,32)19-8-5-17(6-9-19)11-12-28-26(30)21-16-23(29-22-4-2-1-3-20(21)22)18-7-10-24-25(15-18)34-14-13-33-24/h1-10,15-16H,11-14H2,(H,28,30)(H2,27,31,32). The number of fused-ring (bicyclic) bond motifs is 2. The van der Waals surface area contributed by atoms with Crippen molar-refractivity contribution in [2.45, 2.75) is 11.3 Å². The van der Waals surface area contributed by atoms with E-state index < -0.39 is 10.0 Å². The van der Waals surface area contributed by atoms with E-state index in [0.717, 1.165) is 16.5 Å². The average molecular weight is 490 g/mol. The lowest BCUT2D eigenvalue weighted by Crippen LogP contribution is -2.26. The highest BCUT2D eigenvalue weighted by Crippen LogP contribution is 2.35. The molecule has 8 nitrogen and oxygen atoms in total. The number of amides is 1. The van der Waals surface area contributed by atoms with E-state index in [1.807, 2.05) is 42.5 Å². The van der Waals surface area contributed by atoms with Crippen LogP contribution in [0.2, 0.25) is 0 Å². The predicted octanol–water partition coefficient (Wildman–Crippen LogP) is 3.29. The molecule has 178 valence electrons. The van der Waals surface area contributed by atoms with Crippen LogP contribution in [0.4, 0.5) is 0 Å². The maximum Gasteiger partial charge on any atom is 0.252 e. The molecular formula is C26H23N3O5S. The fourth-order valence-corrected chi connectivity index (χ4v) is 4.49. The summed E-state index contributed by atoms with van der Waals surface area (Å²) in [5.74, 6) is 1.13. The second kappa shape index (κ2) is 9.36. The third-order valence-corrected chi connectivity index (χ3v) is 6.68. The van der Waals surface area contributed by atoms with Gasteiger partial charge in [0, 0.05) is 17.5 Å². The zero-order valence-electron chi connectivity index (χ0n) is 18.7. The van der Waals surface area contributed by atoms with E-state index >= 15 is 0 Å². The SMILES string of the molecule is NS(=O)(=O)c1ccc(CCNC(=O)c2cc(-c3ccc4c(c3)OCCO4)nc3ccccc23)cc1. The van der Waals surface area contributed by atoms with Crippen LogP contribution in [0, 0.1) is 0 Å².